The summed E-state index contributed by atoms with van der Waals surface area (Å²) in [7, 11) is 2.04. The van der Waals surface area contributed by atoms with Crippen LogP contribution in [0, 0.1) is 0 Å². The molecule has 1 fully saturated rings. The largest absolute Gasteiger partial charge is 0.378 e. The molecule has 0 bridgehead atoms. The lowest BCUT2D eigenvalue weighted by Crippen LogP contribution is -2.28. The van der Waals surface area contributed by atoms with Crippen LogP contribution in [0.3, 0.4) is 0 Å². The molecule has 0 aromatic carbocycles. The van der Waals surface area contributed by atoms with Gasteiger partial charge in [-0.1, -0.05) is 0 Å². The van der Waals surface area contributed by atoms with E-state index in [1.165, 1.54) is 30.7 Å². The highest BCUT2D eigenvalue weighted by atomic mass is 32.1. The minimum atomic E-state index is 0.507. The Morgan fingerprint density at radius 3 is 3.25 bits per heavy atom. The molecule has 1 saturated heterocycles. The van der Waals surface area contributed by atoms with Crippen LogP contribution in [0.25, 0.3) is 0 Å². The monoisotopic (exact) mass is 240 g/mol. The molecule has 16 heavy (non-hydrogen) atoms. The third-order valence-corrected chi connectivity index (χ3v) is 3.98. The summed E-state index contributed by atoms with van der Waals surface area (Å²) in [4.78, 5) is 4.33. The molecule has 1 N–H and O–H groups in total. The standard InChI is InChI=1S/C12H20N2OS/c1-13-10(9-12-14-6-8-16-12)4-5-11-3-2-7-15-11/h6,8,10-11,13H,2-5,7,9H2,1H3. The fourth-order valence-electron chi connectivity index (χ4n) is 2.17. The van der Waals surface area contributed by atoms with Gasteiger partial charge < -0.3 is 10.1 Å². The van der Waals surface area contributed by atoms with Gasteiger partial charge >= 0.3 is 0 Å². The number of nitrogens with zero attached hydrogens (tertiary/aromatic N) is 1. The Hall–Kier alpha value is -0.450. The van der Waals surface area contributed by atoms with Crippen molar-refractivity contribution in [2.45, 2.75) is 44.2 Å². The summed E-state index contributed by atoms with van der Waals surface area (Å²) in [6.45, 7) is 0.960. The number of nitrogens with one attached hydrogen (secondary N) is 1. The fourth-order valence-corrected chi connectivity index (χ4v) is 2.87. The molecule has 0 aliphatic carbocycles. The zero-order valence-corrected chi connectivity index (χ0v) is 10.6. The van der Waals surface area contributed by atoms with E-state index in [2.05, 4.69) is 10.3 Å². The lowest BCUT2D eigenvalue weighted by molar-refractivity contribution is 0.0998. The van der Waals surface area contributed by atoms with Gasteiger partial charge in [0.25, 0.3) is 0 Å². The first-order valence-corrected chi connectivity index (χ1v) is 6.93. The van der Waals surface area contributed by atoms with Crippen molar-refractivity contribution in [3.05, 3.63) is 16.6 Å². The van der Waals surface area contributed by atoms with Gasteiger partial charge in [0.15, 0.2) is 0 Å². The highest BCUT2D eigenvalue weighted by Crippen LogP contribution is 2.19. The van der Waals surface area contributed by atoms with E-state index in [4.69, 9.17) is 4.74 Å². The van der Waals surface area contributed by atoms with Crippen LogP contribution in [-0.2, 0) is 11.2 Å². The first-order valence-electron chi connectivity index (χ1n) is 6.05. The SMILES string of the molecule is CNC(CCC1CCCO1)Cc1nccs1. The minimum Gasteiger partial charge on any atom is -0.378 e. The van der Waals surface area contributed by atoms with Crippen LogP contribution in [0.4, 0.5) is 0 Å². The van der Waals surface area contributed by atoms with Crippen LogP contribution in [0.2, 0.25) is 0 Å². The highest BCUT2D eigenvalue weighted by Gasteiger charge is 2.17. The Kier molecular flexibility index (Phi) is 4.75. The summed E-state index contributed by atoms with van der Waals surface area (Å²) >= 11 is 1.74. The average Bonchev–Trinajstić information content (AvgIpc) is 2.97. The number of likely N-dealkylation sites (N-methyl/N-ethyl adjacent to an activating group) is 1. The Labute approximate surface area is 101 Å². The average molecular weight is 240 g/mol. The van der Waals surface area contributed by atoms with E-state index in [-0.39, 0.29) is 0 Å². The second-order valence-electron chi connectivity index (χ2n) is 4.33. The van der Waals surface area contributed by atoms with Crippen LogP contribution in [-0.4, -0.2) is 30.8 Å². The van der Waals surface area contributed by atoms with E-state index in [1.54, 1.807) is 11.3 Å². The molecule has 0 saturated carbocycles. The molecule has 3 nitrogen and oxygen atoms in total. The van der Waals surface area contributed by atoms with Gasteiger partial charge in [0.05, 0.1) is 11.1 Å². The third-order valence-electron chi connectivity index (χ3n) is 3.17. The molecule has 2 heterocycles. The Morgan fingerprint density at radius 2 is 2.62 bits per heavy atom. The van der Waals surface area contributed by atoms with Crippen LogP contribution < -0.4 is 5.32 Å². The summed E-state index contributed by atoms with van der Waals surface area (Å²) in [6, 6.07) is 0.537. The molecule has 90 valence electrons. The van der Waals surface area contributed by atoms with Crippen molar-refractivity contribution >= 4 is 11.3 Å². The maximum absolute atomic E-state index is 5.64. The summed E-state index contributed by atoms with van der Waals surface area (Å²) in [5.74, 6) is 0. The quantitative estimate of drug-likeness (QED) is 0.828. The van der Waals surface area contributed by atoms with Gasteiger partial charge in [-0.2, -0.15) is 0 Å². The Balaban J connectivity index is 1.72. The maximum Gasteiger partial charge on any atom is 0.0940 e. The van der Waals surface area contributed by atoms with Crippen LogP contribution in [0.1, 0.15) is 30.7 Å². The molecule has 2 unspecified atom stereocenters. The molecule has 4 heteroatoms. The molecular weight excluding hydrogens is 220 g/mol. The molecule has 1 aromatic rings. The summed E-state index contributed by atoms with van der Waals surface area (Å²) < 4.78 is 5.64. The first-order chi connectivity index (χ1) is 7.88. The van der Waals surface area contributed by atoms with E-state index in [1.807, 2.05) is 18.6 Å². The second kappa shape index (κ2) is 6.33. The predicted molar refractivity (Wildman–Crippen MR) is 66.9 cm³/mol. The Bertz CT molecular complexity index is 283. The van der Waals surface area contributed by atoms with E-state index < -0.39 is 0 Å². The van der Waals surface area contributed by atoms with Crippen LogP contribution >= 0.6 is 11.3 Å². The number of aromatic nitrogens is 1. The molecule has 2 atom stereocenters. The summed E-state index contributed by atoms with van der Waals surface area (Å²) in [5.41, 5.74) is 0. The topological polar surface area (TPSA) is 34.1 Å². The van der Waals surface area contributed by atoms with Crippen molar-refractivity contribution in [1.29, 1.82) is 0 Å². The molecule has 0 amide bonds. The minimum absolute atomic E-state index is 0.507. The van der Waals surface area contributed by atoms with Gasteiger partial charge in [0.1, 0.15) is 0 Å². The fraction of sp³-hybridized carbons (Fsp3) is 0.750. The van der Waals surface area contributed by atoms with E-state index in [0.717, 1.165) is 13.0 Å². The lowest BCUT2D eigenvalue weighted by Gasteiger charge is -2.17. The summed E-state index contributed by atoms with van der Waals surface area (Å²) in [5, 5.41) is 6.65. The molecule has 1 aliphatic heterocycles. The van der Waals surface area contributed by atoms with E-state index in [9.17, 15) is 0 Å². The third kappa shape index (κ3) is 3.54. The number of rotatable bonds is 6. The van der Waals surface area contributed by atoms with Crippen LogP contribution in [0.15, 0.2) is 11.6 Å². The van der Waals surface area contributed by atoms with Crippen molar-refractivity contribution in [3.63, 3.8) is 0 Å². The zero-order valence-electron chi connectivity index (χ0n) is 9.82. The van der Waals surface area contributed by atoms with Gasteiger partial charge in [0.2, 0.25) is 0 Å². The number of hydrogen-bond donors (Lipinski definition) is 1. The van der Waals surface area contributed by atoms with Crippen LogP contribution in [0.5, 0.6) is 0 Å². The first kappa shape index (κ1) is 12.0. The molecule has 1 aliphatic rings. The summed E-state index contributed by atoms with van der Waals surface area (Å²) in [6.07, 6.45) is 8.27. The van der Waals surface area contributed by atoms with Crippen molar-refractivity contribution < 1.29 is 4.74 Å². The van der Waals surface area contributed by atoms with E-state index >= 15 is 0 Å². The van der Waals surface area contributed by atoms with Gasteiger partial charge in [-0.15, -0.1) is 11.3 Å². The highest BCUT2D eigenvalue weighted by molar-refractivity contribution is 7.09. The van der Waals surface area contributed by atoms with Crippen molar-refractivity contribution in [2.24, 2.45) is 0 Å². The molecule has 0 spiro atoms. The zero-order chi connectivity index (χ0) is 11.2. The van der Waals surface area contributed by atoms with Gasteiger partial charge in [-0.3, -0.25) is 0 Å². The van der Waals surface area contributed by atoms with Gasteiger partial charge in [-0.25, -0.2) is 4.98 Å². The molecule has 1 aromatic heterocycles. The molecule has 0 radical (unpaired) electrons. The Morgan fingerprint density at radius 1 is 1.69 bits per heavy atom. The second-order valence-corrected chi connectivity index (χ2v) is 5.31. The van der Waals surface area contributed by atoms with Crippen molar-refractivity contribution in [2.75, 3.05) is 13.7 Å². The van der Waals surface area contributed by atoms with Gasteiger partial charge in [-0.05, 0) is 32.7 Å². The predicted octanol–water partition coefficient (Wildman–Crippen LogP) is 2.23. The van der Waals surface area contributed by atoms with Crippen molar-refractivity contribution in [3.8, 4) is 0 Å². The molecular formula is C12H20N2OS. The molecule has 2 rings (SSSR count). The van der Waals surface area contributed by atoms with Crippen molar-refractivity contribution in [1.82, 2.24) is 10.3 Å². The smallest absolute Gasteiger partial charge is 0.0940 e. The van der Waals surface area contributed by atoms with E-state index in [0.29, 0.717) is 12.1 Å². The lowest BCUT2D eigenvalue weighted by atomic mass is 10.0. The number of hydrogen-bond acceptors (Lipinski definition) is 4. The van der Waals surface area contributed by atoms with Gasteiger partial charge in [0, 0.05) is 30.6 Å². The maximum atomic E-state index is 5.64. The number of thiazole rings is 1. The number of ether oxygens (including phenoxy) is 1. The normalized spacial score (nSPS) is 22.4.